The van der Waals surface area contributed by atoms with Crippen molar-refractivity contribution in [2.24, 2.45) is 0 Å². The second-order valence-electron chi connectivity index (χ2n) is 6.01. The van der Waals surface area contributed by atoms with E-state index in [1.165, 1.54) is 4.88 Å². The molecule has 0 atom stereocenters. The molecule has 0 saturated carbocycles. The van der Waals surface area contributed by atoms with Crippen LogP contribution < -0.4 is 0 Å². The van der Waals surface area contributed by atoms with Crippen molar-refractivity contribution in [3.8, 4) is 0 Å². The molecule has 1 saturated heterocycles. The number of piperazine rings is 1. The quantitative estimate of drug-likeness (QED) is 0.746. The van der Waals surface area contributed by atoms with Crippen LogP contribution >= 0.6 is 38.9 Å². The number of carbonyl (C=O) groups is 1. The third-order valence-corrected chi connectivity index (χ3v) is 6.47. The van der Waals surface area contributed by atoms with Crippen LogP contribution in [0.15, 0.2) is 15.9 Å². The van der Waals surface area contributed by atoms with Gasteiger partial charge < -0.3 is 4.90 Å². The van der Waals surface area contributed by atoms with Gasteiger partial charge in [0.2, 0.25) is 5.91 Å². The molecule has 0 unspecified atom stereocenters. The number of amides is 1. The minimum Gasteiger partial charge on any atom is -0.339 e. The fourth-order valence-electron chi connectivity index (χ4n) is 2.87. The van der Waals surface area contributed by atoms with Crippen LogP contribution in [0.2, 0.25) is 5.02 Å². The fourth-order valence-corrected chi connectivity index (χ4v) is 4.53. The van der Waals surface area contributed by atoms with Crippen molar-refractivity contribution in [2.45, 2.75) is 26.9 Å². The average Bonchev–Trinajstić information content (AvgIpc) is 3.07. The van der Waals surface area contributed by atoms with Crippen LogP contribution in [-0.2, 0) is 17.9 Å². The van der Waals surface area contributed by atoms with Gasteiger partial charge in [-0.1, -0.05) is 11.6 Å². The molecular formula is C16H20BrClN4OS. The van der Waals surface area contributed by atoms with Crippen LogP contribution in [0.25, 0.3) is 0 Å². The monoisotopic (exact) mass is 430 g/mol. The maximum Gasteiger partial charge on any atom is 0.244 e. The molecule has 1 aliphatic rings. The van der Waals surface area contributed by atoms with Crippen molar-refractivity contribution in [3.63, 3.8) is 0 Å². The van der Waals surface area contributed by atoms with Crippen molar-refractivity contribution in [1.29, 1.82) is 0 Å². The maximum absolute atomic E-state index is 12.5. The zero-order chi connectivity index (χ0) is 17.3. The average molecular weight is 432 g/mol. The smallest absolute Gasteiger partial charge is 0.244 e. The molecule has 130 valence electrons. The lowest BCUT2D eigenvalue weighted by atomic mass is 10.3. The largest absolute Gasteiger partial charge is 0.339 e. The van der Waals surface area contributed by atoms with Gasteiger partial charge >= 0.3 is 0 Å². The molecule has 3 heterocycles. The summed E-state index contributed by atoms with van der Waals surface area (Å²) in [6.07, 6.45) is 0. The zero-order valence-corrected chi connectivity index (χ0v) is 16.9. The number of hydrogen-bond donors (Lipinski definition) is 0. The van der Waals surface area contributed by atoms with Gasteiger partial charge in [0.15, 0.2) is 0 Å². The minimum atomic E-state index is 0.107. The maximum atomic E-state index is 12.5. The second-order valence-corrected chi connectivity index (χ2v) is 8.93. The van der Waals surface area contributed by atoms with Gasteiger partial charge in [-0.2, -0.15) is 5.10 Å². The highest BCUT2D eigenvalue weighted by molar-refractivity contribution is 9.11. The second kappa shape index (κ2) is 7.56. The summed E-state index contributed by atoms with van der Waals surface area (Å²) in [6, 6.07) is 4.23. The lowest BCUT2D eigenvalue weighted by Gasteiger charge is -2.34. The van der Waals surface area contributed by atoms with E-state index in [1.807, 2.05) is 18.7 Å². The summed E-state index contributed by atoms with van der Waals surface area (Å²) in [5.41, 5.74) is 1.62. The van der Waals surface area contributed by atoms with Gasteiger partial charge in [0, 0.05) is 37.6 Å². The van der Waals surface area contributed by atoms with Crippen molar-refractivity contribution >= 4 is 44.8 Å². The van der Waals surface area contributed by atoms with Crippen LogP contribution in [0.3, 0.4) is 0 Å². The number of carbonyl (C=O) groups excluding carboxylic acids is 1. The normalized spacial score (nSPS) is 15.9. The first-order chi connectivity index (χ1) is 11.4. The Morgan fingerprint density at radius 2 is 2.00 bits per heavy atom. The van der Waals surface area contributed by atoms with Crippen LogP contribution in [0, 0.1) is 13.8 Å². The molecule has 0 aromatic carbocycles. The lowest BCUT2D eigenvalue weighted by Crippen LogP contribution is -2.49. The number of hydrogen-bond acceptors (Lipinski definition) is 4. The number of nitrogens with zero attached hydrogens (tertiary/aromatic N) is 4. The molecule has 0 spiro atoms. The van der Waals surface area contributed by atoms with E-state index in [1.54, 1.807) is 16.0 Å². The molecule has 0 N–H and O–H groups in total. The standard InChI is InChI=1S/C16H20BrClN4OS/c1-11-16(18)12(2)22(19-11)10-15(23)21-7-5-20(6-8-21)9-13-3-4-14(17)24-13/h3-4H,5-10H2,1-2H3. The topological polar surface area (TPSA) is 41.4 Å². The lowest BCUT2D eigenvalue weighted by molar-refractivity contribution is -0.133. The molecule has 0 aliphatic carbocycles. The zero-order valence-electron chi connectivity index (χ0n) is 13.8. The summed E-state index contributed by atoms with van der Waals surface area (Å²) in [6.45, 7) is 8.29. The Morgan fingerprint density at radius 3 is 2.54 bits per heavy atom. The minimum absolute atomic E-state index is 0.107. The van der Waals surface area contributed by atoms with Gasteiger partial charge in [-0.3, -0.25) is 14.4 Å². The van der Waals surface area contributed by atoms with Crippen LogP contribution in [-0.4, -0.2) is 51.7 Å². The fraction of sp³-hybridized carbons (Fsp3) is 0.500. The summed E-state index contributed by atoms with van der Waals surface area (Å²) >= 11 is 11.4. The summed E-state index contributed by atoms with van der Waals surface area (Å²) in [7, 11) is 0. The van der Waals surface area contributed by atoms with E-state index in [4.69, 9.17) is 11.6 Å². The predicted octanol–water partition coefficient (Wildman–Crippen LogP) is 3.32. The van der Waals surface area contributed by atoms with Crippen molar-refractivity contribution in [3.05, 3.63) is 37.2 Å². The first kappa shape index (κ1) is 17.9. The van der Waals surface area contributed by atoms with Gasteiger partial charge in [-0.15, -0.1) is 11.3 Å². The first-order valence-corrected chi connectivity index (χ1v) is 9.86. The first-order valence-electron chi connectivity index (χ1n) is 7.88. The van der Waals surface area contributed by atoms with E-state index >= 15 is 0 Å². The molecule has 5 nitrogen and oxygen atoms in total. The number of aromatic nitrogens is 2. The van der Waals surface area contributed by atoms with E-state index in [-0.39, 0.29) is 12.5 Å². The van der Waals surface area contributed by atoms with Crippen LogP contribution in [0.5, 0.6) is 0 Å². The Balaban J connectivity index is 1.52. The van der Waals surface area contributed by atoms with Gasteiger partial charge in [-0.05, 0) is 41.9 Å². The van der Waals surface area contributed by atoms with Crippen molar-refractivity contribution < 1.29 is 4.79 Å². The molecular weight excluding hydrogens is 412 g/mol. The SMILES string of the molecule is Cc1nn(CC(=O)N2CCN(Cc3ccc(Br)s3)CC2)c(C)c1Cl. The van der Waals surface area contributed by atoms with E-state index in [0.717, 1.165) is 47.9 Å². The highest BCUT2D eigenvalue weighted by Gasteiger charge is 2.22. The van der Waals surface area contributed by atoms with E-state index in [9.17, 15) is 4.79 Å². The molecule has 8 heteroatoms. The molecule has 1 aliphatic heterocycles. The number of aryl methyl sites for hydroxylation is 1. The van der Waals surface area contributed by atoms with Crippen LogP contribution in [0.1, 0.15) is 16.3 Å². The Kier molecular flexibility index (Phi) is 5.64. The summed E-state index contributed by atoms with van der Waals surface area (Å²) in [5, 5.41) is 4.99. The highest BCUT2D eigenvalue weighted by Crippen LogP contribution is 2.24. The number of thiophene rings is 1. The van der Waals surface area contributed by atoms with Gasteiger partial charge in [-0.25, -0.2) is 0 Å². The molecule has 0 radical (unpaired) electrons. The van der Waals surface area contributed by atoms with Crippen molar-refractivity contribution in [1.82, 2.24) is 19.6 Å². The summed E-state index contributed by atoms with van der Waals surface area (Å²) in [4.78, 5) is 18.2. The molecule has 2 aromatic rings. The van der Waals surface area contributed by atoms with E-state index < -0.39 is 0 Å². The summed E-state index contributed by atoms with van der Waals surface area (Å²) < 4.78 is 2.87. The van der Waals surface area contributed by atoms with Gasteiger partial charge in [0.1, 0.15) is 6.54 Å². The highest BCUT2D eigenvalue weighted by atomic mass is 79.9. The molecule has 1 fully saturated rings. The summed E-state index contributed by atoms with van der Waals surface area (Å²) in [5.74, 6) is 0.107. The molecule has 24 heavy (non-hydrogen) atoms. The van der Waals surface area contributed by atoms with Gasteiger partial charge in [0.25, 0.3) is 0 Å². The Bertz CT molecular complexity index is 737. The van der Waals surface area contributed by atoms with Crippen molar-refractivity contribution in [2.75, 3.05) is 26.2 Å². The molecule has 3 rings (SSSR count). The van der Waals surface area contributed by atoms with Crippen LogP contribution in [0.4, 0.5) is 0 Å². The Labute approximate surface area is 159 Å². The molecule has 1 amide bonds. The Morgan fingerprint density at radius 1 is 1.29 bits per heavy atom. The number of rotatable bonds is 4. The predicted molar refractivity (Wildman–Crippen MR) is 101 cm³/mol. The van der Waals surface area contributed by atoms with E-state index in [2.05, 4.69) is 38.1 Å². The van der Waals surface area contributed by atoms with Gasteiger partial charge in [0.05, 0.1) is 20.2 Å². The number of halogens is 2. The Hall–Kier alpha value is -0.890. The molecule has 2 aromatic heterocycles. The third kappa shape index (κ3) is 4.02. The van der Waals surface area contributed by atoms with E-state index in [0.29, 0.717) is 5.02 Å². The molecule has 0 bridgehead atoms. The third-order valence-electron chi connectivity index (χ3n) is 4.31.